The molecular weight excluding hydrogens is 645 g/mol. The number of amides is 1. The average molecular weight is 687 g/mol. The first kappa shape index (κ1) is 33.9. The number of para-hydroxylation sites is 1. The summed E-state index contributed by atoms with van der Waals surface area (Å²) >= 11 is 13.5. The van der Waals surface area contributed by atoms with Gasteiger partial charge in [-0.2, -0.15) is 0 Å². The van der Waals surface area contributed by atoms with Gasteiger partial charge in [-0.15, -0.1) is 0 Å². The van der Waals surface area contributed by atoms with E-state index in [2.05, 4.69) is 15.1 Å². The predicted octanol–water partition coefficient (Wildman–Crippen LogP) is 6.32. The van der Waals surface area contributed by atoms with E-state index in [0.717, 1.165) is 25.9 Å². The van der Waals surface area contributed by atoms with Crippen LogP contribution < -0.4 is 5.32 Å². The molecule has 2 aromatic carbocycles. The van der Waals surface area contributed by atoms with Crippen molar-refractivity contribution in [1.82, 2.24) is 9.80 Å². The van der Waals surface area contributed by atoms with Crippen molar-refractivity contribution in [2.45, 2.75) is 69.9 Å². The summed E-state index contributed by atoms with van der Waals surface area (Å²) < 4.78 is 23.3. The van der Waals surface area contributed by atoms with Crippen LogP contribution in [0.1, 0.15) is 61.4 Å². The summed E-state index contributed by atoms with van der Waals surface area (Å²) in [5, 5.41) is 4.08. The number of methoxy groups -OCH3 is 1. The summed E-state index contributed by atoms with van der Waals surface area (Å²) in [4.78, 5) is 44.5. The number of carbonyl (C=O) groups excluding carboxylic acids is 3. The highest BCUT2D eigenvalue weighted by Gasteiger charge is 2.56. The third-order valence-electron chi connectivity index (χ3n) is 9.59. The van der Waals surface area contributed by atoms with Gasteiger partial charge in [0.05, 0.1) is 41.0 Å². The number of anilines is 1. The van der Waals surface area contributed by atoms with Crippen molar-refractivity contribution in [2.24, 2.45) is 5.92 Å². The van der Waals surface area contributed by atoms with Crippen molar-refractivity contribution in [3.05, 3.63) is 63.8 Å². The average Bonchev–Trinajstić information content (AvgIpc) is 3.74. The second-order valence-corrected chi connectivity index (χ2v) is 13.3. The van der Waals surface area contributed by atoms with Crippen LogP contribution >= 0.6 is 23.2 Å². The maximum Gasteiger partial charge on any atom is 0.308 e. The summed E-state index contributed by atoms with van der Waals surface area (Å²) in [7, 11) is 1.68. The Balaban J connectivity index is 1.23. The van der Waals surface area contributed by atoms with E-state index in [1.165, 1.54) is 6.26 Å². The first-order chi connectivity index (χ1) is 22.7. The summed E-state index contributed by atoms with van der Waals surface area (Å²) in [5.74, 6) is -2.15. The zero-order valence-corrected chi connectivity index (χ0v) is 28.3. The van der Waals surface area contributed by atoms with Crippen LogP contribution in [0.4, 0.5) is 5.69 Å². The zero-order chi connectivity index (χ0) is 33.1. The van der Waals surface area contributed by atoms with Crippen LogP contribution in [0.15, 0.2) is 47.1 Å². The first-order valence-electron chi connectivity index (χ1n) is 16.4. The molecule has 0 radical (unpaired) electrons. The summed E-state index contributed by atoms with van der Waals surface area (Å²) in [6.45, 7) is 4.73. The number of ketones is 1. The van der Waals surface area contributed by atoms with Crippen LogP contribution in [0.5, 0.6) is 0 Å². The number of Topliss-reactive ketones (excluding diaryl/α,β-unsaturated/α-hetero) is 1. The fourth-order valence-electron chi connectivity index (χ4n) is 6.98. The van der Waals surface area contributed by atoms with Crippen molar-refractivity contribution in [1.29, 1.82) is 0 Å². The molecule has 3 aromatic rings. The Kier molecular flexibility index (Phi) is 10.6. The van der Waals surface area contributed by atoms with Crippen LogP contribution in [0.3, 0.4) is 0 Å². The molecule has 1 aromatic heterocycles. The highest BCUT2D eigenvalue weighted by molar-refractivity contribution is 6.36. The highest BCUT2D eigenvalue weighted by Crippen LogP contribution is 2.39. The molecule has 252 valence electrons. The standard InChI is InChI=1S/C35H41Cl2N3O7/c1-3-45-34(43)22-10-12-24(13-11-22)47-35(39-14-6-7-15-39,40-19-25(20-40)44-2)32(41)17-23-16-29(37)30(18-28(23)36)38-33(42)27-21-46-31-9-5-4-8-26(27)31/h4-5,8-9,16,18,21-22,24-25H,3,6-7,10-15,17,19-20H2,1-2H3,(H,38,42). The highest BCUT2D eigenvalue weighted by atomic mass is 35.5. The summed E-state index contributed by atoms with van der Waals surface area (Å²) in [5.41, 5.74) is 1.84. The van der Waals surface area contributed by atoms with E-state index in [1.807, 2.05) is 25.1 Å². The van der Waals surface area contributed by atoms with Gasteiger partial charge in [0.2, 0.25) is 5.85 Å². The predicted molar refractivity (Wildman–Crippen MR) is 179 cm³/mol. The molecule has 1 aliphatic carbocycles. The molecule has 6 rings (SSSR count). The molecule has 2 aliphatic heterocycles. The number of furan rings is 1. The zero-order valence-electron chi connectivity index (χ0n) is 26.8. The lowest BCUT2D eigenvalue weighted by Crippen LogP contribution is -2.74. The lowest BCUT2D eigenvalue weighted by Gasteiger charge is -2.55. The number of likely N-dealkylation sites (tertiary alicyclic amines) is 2. The number of rotatable bonds is 12. The molecule has 3 fully saturated rings. The Bertz CT molecular complexity index is 1610. The molecule has 1 amide bonds. The van der Waals surface area contributed by atoms with Crippen LogP contribution in [-0.2, 0) is 30.2 Å². The SMILES string of the molecule is CCOC(=O)C1CCC(OC(C(=O)Cc2cc(Cl)c(NC(=O)c3coc4ccccc34)cc2Cl)(N2CCCC2)N2CC(OC)C2)CC1. The van der Waals surface area contributed by atoms with E-state index < -0.39 is 5.85 Å². The van der Waals surface area contributed by atoms with E-state index in [9.17, 15) is 14.4 Å². The molecule has 1 atom stereocenters. The summed E-state index contributed by atoms with van der Waals surface area (Å²) in [6.07, 6.45) is 5.71. The number of fused-ring (bicyclic) bond motifs is 1. The Morgan fingerprint density at radius 2 is 1.70 bits per heavy atom. The van der Waals surface area contributed by atoms with Gasteiger partial charge in [0.15, 0.2) is 5.78 Å². The third-order valence-corrected chi connectivity index (χ3v) is 10.3. The quantitative estimate of drug-likeness (QED) is 0.219. The minimum absolute atomic E-state index is 0.00111. The van der Waals surface area contributed by atoms with Gasteiger partial charge in [-0.25, -0.2) is 0 Å². The number of hydrogen-bond donors (Lipinski definition) is 1. The molecule has 1 unspecified atom stereocenters. The Morgan fingerprint density at radius 3 is 2.40 bits per heavy atom. The molecule has 0 spiro atoms. The van der Waals surface area contributed by atoms with Crippen molar-refractivity contribution in [2.75, 3.05) is 45.2 Å². The van der Waals surface area contributed by atoms with E-state index >= 15 is 0 Å². The second-order valence-electron chi connectivity index (χ2n) is 12.5. The number of carbonyl (C=O) groups is 3. The fourth-order valence-corrected chi connectivity index (χ4v) is 7.45. The lowest BCUT2D eigenvalue weighted by atomic mass is 9.87. The number of nitrogens with zero attached hydrogens (tertiary/aromatic N) is 2. The largest absolute Gasteiger partial charge is 0.466 e. The normalized spacial score (nSPS) is 22.1. The van der Waals surface area contributed by atoms with Crippen molar-refractivity contribution in [3.8, 4) is 0 Å². The number of benzene rings is 2. The van der Waals surface area contributed by atoms with Gasteiger partial charge >= 0.3 is 5.97 Å². The van der Waals surface area contributed by atoms with Crippen molar-refractivity contribution in [3.63, 3.8) is 0 Å². The Morgan fingerprint density at radius 1 is 0.979 bits per heavy atom. The van der Waals surface area contributed by atoms with Gasteiger partial charge in [0.1, 0.15) is 11.8 Å². The monoisotopic (exact) mass is 685 g/mol. The number of hydrogen-bond acceptors (Lipinski definition) is 9. The number of nitrogens with one attached hydrogen (secondary N) is 1. The van der Waals surface area contributed by atoms with Crippen LogP contribution in [0, 0.1) is 5.92 Å². The molecule has 3 aliphatic rings. The third kappa shape index (κ3) is 6.95. The topological polar surface area (TPSA) is 111 Å². The maximum atomic E-state index is 14.7. The lowest BCUT2D eigenvalue weighted by molar-refractivity contribution is -0.282. The molecule has 10 nitrogen and oxygen atoms in total. The van der Waals surface area contributed by atoms with E-state index in [-0.39, 0.29) is 47.2 Å². The molecule has 1 saturated carbocycles. The minimum Gasteiger partial charge on any atom is -0.466 e. The molecule has 1 N–H and O–H groups in total. The van der Waals surface area contributed by atoms with Crippen LogP contribution in [0.25, 0.3) is 11.0 Å². The molecule has 47 heavy (non-hydrogen) atoms. The number of esters is 1. The number of halogens is 2. The molecule has 3 heterocycles. The maximum absolute atomic E-state index is 14.7. The molecular formula is C35H41Cl2N3O7. The fraction of sp³-hybridized carbons (Fsp3) is 0.514. The van der Waals surface area contributed by atoms with Gasteiger partial charge in [-0.1, -0.05) is 41.4 Å². The second kappa shape index (κ2) is 14.6. The molecule has 2 saturated heterocycles. The van der Waals surface area contributed by atoms with Gasteiger partial charge in [0.25, 0.3) is 5.91 Å². The van der Waals surface area contributed by atoms with E-state index in [1.54, 1.807) is 25.3 Å². The van der Waals surface area contributed by atoms with E-state index in [0.29, 0.717) is 78.2 Å². The molecule has 12 heteroatoms. The number of ether oxygens (including phenoxy) is 3. The van der Waals surface area contributed by atoms with Crippen molar-refractivity contribution >= 4 is 57.5 Å². The van der Waals surface area contributed by atoms with Crippen LogP contribution in [-0.4, -0.2) is 85.4 Å². The van der Waals surface area contributed by atoms with Crippen molar-refractivity contribution < 1.29 is 33.0 Å². The smallest absolute Gasteiger partial charge is 0.308 e. The van der Waals surface area contributed by atoms with Gasteiger partial charge in [0, 0.05) is 50.1 Å². The van der Waals surface area contributed by atoms with Gasteiger partial charge < -0.3 is 23.9 Å². The Labute approximate surface area is 284 Å². The first-order valence-corrected chi connectivity index (χ1v) is 17.1. The Hall–Kier alpha value is -2.99. The van der Waals surface area contributed by atoms with E-state index in [4.69, 9.17) is 41.8 Å². The minimum atomic E-state index is -1.31. The van der Waals surface area contributed by atoms with Crippen LogP contribution in [0.2, 0.25) is 10.0 Å². The van der Waals surface area contributed by atoms with Gasteiger partial charge in [-0.05, 0) is 69.2 Å². The summed E-state index contributed by atoms with van der Waals surface area (Å²) in [6, 6.07) is 10.5. The van der Waals surface area contributed by atoms with Gasteiger partial charge in [-0.3, -0.25) is 24.2 Å². The molecule has 0 bridgehead atoms.